The van der Waals surface area contributed by atoms with Gasteiger partial charge in [-0.2, -0.15) is 0 Å². The van der Waals surface area contributed by atoms with Crippen LogP contribution in [0.4, 0.5) is 0 Å². The van der Waals surface area contributed by atoms with Gasteiger partial charge < -0.3 is 33.8 Å². The van der Waals surface area contributed by atoms with E-state index in [0.717, 1.165) is 115 Å². The van der Waals surface area contributed by atoms with Gasteiger partial charge in [-0.25, -0.2) is 9.13 Å². The van der Waals surface area contributed by atoms with Crippen LogP contribution >= 0.6 is 15.6 Å². The van der Waals surface area contributed by atoms with Crippen LogP contribution in [0.15, 0.2) is 24.3 Å². The molecule has 5 atom stereocenters. The molecule has 99 heavy (non-hydrogen) atoms. The number of unbranched alkanes of at least 4 members (excludes halogenated alkanes) is 44. The fourth-order valence-corrected chi connectivity index (χ4v) is 13.4. The average molecular weight is 1450 g/mol. The number of allylic oxidation sites excluding steroid dienone is 4. The Bertz CT molecular complexity index is 2000. The molecular formula is C80H152O17P2. The van der Waals surface area contributed by atoms with Crippen LogP contribution in [0.5, 0.6) is 0 Å². The summed E-state index contributed by atoms with van der Waals surface area (Å²) in [6, 6.07) is 0. The van der Waals surface area contributed by atoms with Gasteiger partial charge in [0.05, 0.1) is 26.4 Å². The lowest BCUT2D eigenvalue weighted by Gasteiger charge is -2.21. The molecule has 0 bridgehead atoms. The highest BCUT2D eigenvalue weighted by Gasteiger charge is 2.30. The molecule has 0 heterocycles. The molecule has 0 rings (SSSR count). The first-order chi connectivity index (χ1) is 47.9. The molecule has 0 aliphatic carbocycles. The van der Waals surface area contributed by atoms with Gasteiger partial charge in [0.15, 0.2) is 12.2 Å². The molecule has 19 heteroatoms. The van der Waals surface area contributed by atoms with Crippen LogP contribution in [0.2, 0.25) is 0 Å². The molecule has 0 aromatic heterocycles. The van der Waals surface area contributed by atoms with Crippen LogP contribution in [0.25, 0.3) is 0 Å². The summed E-state index contributed by atoms with van der Waals surface area (Å²) in [6.07, 6.45) is 63.1. The summed E-state index contributed by atoms with van der Waals surface area (Å²) in [5.74, 6) is -0.556. The Balaban J connectivity index is 5.29. The smallest absolute Gasteiger partial charge is 0.462 e. The van der Waals surface area contributed by atoms with Crippen molar-refractivity contribution in [3.05, 3.63) is 24.3 Å². The SMILES string of the molecule is CCCCCC/C=C\C=C/CCCCCCCC(=O)O[C@H](COC(=O)CCCCCCCCCCCCC)COP(=O)(O)OC[C@H](O)COP(=O)(O)OC[C@@H](COC(=O)CCCCCCCCCCCCCCCC(C)C)OC(=O)CCCCCCCCCCCCCCCCC(C)C. The highest BCUT2D eigenvalue weighted by molar-refractivity contribution is 7.47. The third-order valence-electron chi connectivity index (χ3n) is 18.1. The van der Waals surface area contributed by atoms with Gasteiger partial charge in [-0.05, 0) is 63.2 Å². The monoisotopic (exact) mass is 1450 g/mol. The van der Waals surface area contributed by atoms with Gasteiger partial charge in [0, 0.05) is 25.7 Å². The number of rotatable bonds is 77. The van der Waals surface area contributed by atoms with Crippen LogP contribution in [-0.2, 0) is 65.4 Å². The van der Waals surface area contributed by atoms with Crippen LogP contribution in [0, 0.1) is 11.8 Å². The van der Waals surface area contributed by atoms with Gasteiger partial charge in [-0.15, -0.1) is 0 Å². The minimum atomic E-state index is -4.97. The minimum Gasteiger partial charge on any atom is -0.462 e. The summed E-state index contributed by atoms with van der Waals surface area (Å²) in [5, 5.41) is 10.6. The summed E-state index contributed by atoms with van der Waals surface area (Å²) in [6.45, 7) is 9.60. The molecule has 3 N–H and O–H groups in total. The zero-order chi connectivity index (χ0) is 72.8. The van der Waals surface area contributed by atoms with Gasteiger partial charge in [0.2, 0.25) is 0 Å². The van der Waals surface area contributed by atoms with E-state index in [1.54, 1.807) is 0 Å². The fourth-order valence-electron chi connectivity index (χ4n) is 11.8. The average Bonchev–Trinajstić information content (AvgIpc) is 0.976. The summed E-state index contributed by atoms with van der Waals surface area (Å²) in [5.41, 5.74) is 0. The van der Waals surface area contributed by atoms with Crippen molar-refractivity contribution in [3.63, 3.8) is 0 Å². The van der Waals surface area contributed by atoms with Crippen molar-refractivity contribution in [2.75, 3.05) is 39.6 Å². The van der Waals surface area contributed by atoms with Gasteiger partial charge >= 0.3 is 39.5 Å². The van der Waals surface area contributed by atoms with Crippen molar-refractivity contribution >= 4 is 39.5 Å². The molecule has 0 fully saturated rings. The van der Waals surface area contributed by atoms with Crippen molar-refractivity contribution in [2.24, 2.45) is 11.8 Å². The molecule has 0 radical (unpaired) electrons. The third kappa shape index (κ3) is 73.6. The molecule has 17 nitrogen and oxygen atoms in total. The Morgan fingerprint density at radius 3 is 0.828 bits per heavy atom. The number of aliphatic hydroxyl groups is 1. The summed E-state index contributed by atoms with van der Waals surface area (Å²) in [4.78, 5) is 73.0. The molecule has 584 valence electrons. The number of esters is 4. The van der Waals surface area contributed by atoms with Crippen LogP contribution in [0.3, 0.4) is 0 Å². The van der Waals surface area contributed by atoms with Gasteiger partial charge in [-0.3, -0.25) is 37.3 Å². The minimum absolute atomic E-state index is 0.0853. The molecule has 2 unspecified atom stereocenters. The van der Waals surface area contributed by atoms with Gasteiger partial charge in [0.1, 0.15) is 19.3 Å². The first-order valence-electron chi connectivity index (χ1n) is 40.8. The second-order valence-electron chi connectivity index (χ2n) is 29.1. The van der Waals surface area contributed by atoms with E-state index in [1.807, 2.05) is 0 Å². The number of ether oxygens (including phenoxy) is 4. The second kappa shape index (κ2) is 71.2. The lowest BCUT2D eigenvalue weighted by atomic mass is 10.0. The van der Waals surface area contributed by atoms with E-state index in [1.165, 1.54) is 199 Å². The summed E-state index contributed by atoms with van der Waals surface area (Å²) >= 11 is 0. The first kappa shape index (κ1) is 96.5. The van der Waals surface area contributed by atoms with Gasteiger partial charge in [-0.1, -0.05) is 342 Å². The molecule has 0 saturated carbocycles. The maximum absolute atomic E-state index is 13.1. The van der Waals surface area contributed by atoms with Crippen molar-refractivity contribution < 1.29 is 80.2 Å². The maximum atomic E-state index is 13.1. The Labute approximate surface area is 605 Å². The largest absolute Gasteiger partial charge is 0.472 e. The number of phosphoric ester groups is 2. The molecular weight excluding hydrogens is 1290 g/mol. The topological polar surface area (TPSA) is 237 Å². The predicted molar refractivity (Wildman–Crippen MR) is 404 cm³/mol. The molecule has 0 aromatic carbocycles. The zero-order valence-electron chi connectivity index (χ0n) is 64.3. The number of aliphatic hydroxyl groups excluding tert-OH is 1. The van der Waals surface area contributed by atoms with Crippen LogP contribution in [0.1, 0.15) is 395 Å². The van der Waals surface area contributed by atoms with Crippen molar-refractivity contribution in [2.45, 2.75) is 413 Å². The molecule has 0 aliphatic rings. The number of hydrogen-bond acceptors (Lipinski definition) is 15. The lowest BCUT2D eigenvalue weighted by molar-refractivity contribution is -0.161. The Kier molecular flexibility index (Phi) is 69.4. The number of hydrogen-bond donors (Lipinski definition) is 3. The molecule has 0 amide bonds. The van der Waals surface area contributed by atoms with E-state index in [9.17, 15) is 43.2 Å². The number of carbonyl (C=O) groups is 4. The van der Waals surface area contributed by atoms with Gasteiger partial charge in [0.25, 0.3) is 0 Å². The highest BCUT2D eigenvalue weighted by Crippen LogP contribution is 2.45. The van der Waals surface area contributed by atoms with Crippen molar-refractivity contribution in [1.29, 1.82) is 0 Å². The predicted octanol–water partition coefficient (Wildman–Crippen LogP) is 23.4. The van der Waals surface area contributed by atoms with E-state index in [2.05, 4.69) is 65.8 Å². The number of carbonyl (C=O) groups excluding carboxylic acids is 4. The third-order valence-corrected chi connectivity index (χ3v) is 20.0. The normalized spacial score (nSPS) is 14.1. The molecule has 0 spiro atoms. The standard InChI is InChI=1S/C80H152O17P2/c1-7-9-11-13-15-17-19-20-21-27-34-40-46-52-58-64-79(84)96-75(68-90-77(82)62-56-50-44-38-30-18-16-14-12-10-8-2)70-94-98(86,87)92-66-74(81)67-93-99(88,89)95-71-76(69-91-78(83)63-57-51-45-39-33-29-24-26-32-37-43-49-55-61-73(5)6)97-80(85)65-59-53-47-41-35-28-23-22-25-31-36-42-48-54-60-72(3)4/h17,19-21,72-76,81H,7-16,18,22-71H2,1-6H3,(H,86,87)(H,88,89)/b19-17-,21-20-/t74-,75+,76+/m0/s1. The van der Waals surface area contributed by atoms with Crippen molar-refractivity contribution in [3.8, 4) is 0 Å². The summed E-state index contributed by atoms with van der Waals surface area (Å²) < 4.78 is 68.6. The Hall–Kier alpha value is -2.46. The Morgan fingerprint density at radius 1 is 0.313 bits per heavy atom. The second-order valence-corrected chi connectivity index (χ2v) is 32.0. The number of phosphoric acid groups is 2. The van der Waals surface area contributed by atoms with Crippen molar-refractivity contribution in [1.82, 2.24) is 0 Å². The Morgan fingerprint density at radius 2 is 0.545 bits per heavy atom. The van der Waals surface area contributed by atoms with Crippen LogP contribution < -0.4 is 0 Å². The van der Waals surface area contributed by atoms with E-state index >= 15 is 0 Å². The lowest BCUT2D eigenvalue weighted by Crippen LogP contribution is -2.30. The quantitative estimate of drug-likeness (QED) is 0.0169. The fraction of sp³-hybridized carbons (Fsp3) is 0.900. The zero-order valence-corrected chi connectivity index (χ0v) is 66.1. The van der Waals surface area contributed by atoms with E-state index in [4.69, 9.17) is 37.0 Å². The summed E-state index contributed by atoms with van der Waals surface area (Å²) in [7, 11) is -9.93. The van der Waals surface area contributed by atoms with E-state index in [-0.39, 0.29) is 25.7 Å². The van der Waals surface area contributed by atoms with E-state index in [0.29, 0.717) is 25.7 Å². The molecule has 0 aromatic rings. The van der Waals surface area contributed by atoms with E-state index < -0.39 is 97.5 Å². The van der Waals surface area contributed by atoms with Crippen LogP contribution in [-0.4, -0.2) is 96.7 Å². The first-order valence-corrected chi connectivity index (χ1v) is 43.8. The highest BCUT2D eigenvalue weighted by atomic mass is 31.2. The molecule has 0 aliphatic heterocycles. The molecule has 0 saturated heterocycles. The maximum Gasteiger partial charge on any atom is 0.472 e.